The molecule has 8 nitrogen and oxygen atoms in total. The van der Waals surface area contributed by atoms with Crippen LogP contribution in [0, 0.1) is 6.92 Å². The van der Waals surface area contributed by atoms with Crippen LogP contribution in [0.5, 0.6) is 0 Å². The second-order valence-corrected chi connectivity index (χ2v) is 8.46. The maximum atomic E-state index is 12.7. The summed E-state index contributed by atoms with van der Waals surface area (Å²) in [5, 5.41) is 7.78. The number of nitrogens with two attached hydrogens (primary N) is 1. The fraction of sp³-hybridized carbons (Fsp3) is 0.500. The van der Waals surface area contributed by atoms with Crippen molar-refractivity contribution in [3.63, 3.8) is 0 Å². The van der Waals surface area contributed by atoms with Crippen LogP contribution in [-0.2, 0) is 25.9 Å². The summed E-state index contributed by atoms with van der Waals surface area (Å²) in [6.45, 7) is 4.26. The van der Waals surface area contributed by atoms with Gasteiger partial charge >= 0.3 is 5.97 Å². The number of hydrogen-bond donors (Lipinski definition) is 1. The molecule has 0 bridgehead atoms. The fourth-order valence-corrected chi connectivity index (χ4v) is 3.96. The number of ether oxygens (including phenoxy) is 1. The van der Waals surface area contributed by atoms with E-state index in [1.165, 1.54) is 11.7 Å². The molecule has 2 aromatic rings. The summed E-state index contributed by atoms with van der Waals surface area (Å²) in [6.07, 6.45) is 1.25. The van der Waals surface area contributed by atoms with Crippen molar-refractivity contribution in [2.75, 3.05) is 12.9 Å². The number of sulfone groups is 1. The van der Waals surface area contributed by atoms with Crippen LogP contribution in [-0.4, -0.2) is 42.0 Å². The second kappa shape index (κ2) is 9.09. The third kappa shape index (κ3) is 5.36. The molecule has 2 N–H and O–H groups in total. The molecule has 0 radical (unpaired) electrons. The molecule has 9 heteroatoms. The highest BCUT2D eigenvalue weighted by atomic mass is 32.2. The molecule has 1 unspecified atom stereocenters. The van der Waals surface area contributed by atoms with E-state index in [0.29, 0.717) is 12.2 Å². The van der Waals surface area contributed by atoms with Gasteiger partial charge in [0.2, 0.25) is 15.0 Å². The summed E-state index contributed by atoms with van der Waals surface area (Å²) < 4.78 is 31.5. The van der Waals surface area contributed by atoms with Gasteiger partial charge in [-0.1, -0.05) is 43.2 Å². The SMILES string of the molecule is CCCC(N)c1nnc(S(=O)(=O)CCC(=O)OC)n1Cc1ccc(C)cc1. The van der Waals surface area contributed by atoms with Gasteiger partial charge in [0.15, 0.2) is 5.82 Å². The maximum absolute atomic E-state index is 12.7. The Balaban J connectivity index is 2.41. The van der Waals surface area contributed by atoms with E-state index in [4.69, 9.17) is 5.73 Å². The molecular formula is C18H26N4O4S. The molecule has 2 rings (SSSR count). The van der Waals surface area contributed by atoms with Crippen molar-refractivity contribution in [3.05, 3.63) is 41.2 Å². The van der Waals surface area contributed by atoms with Gasteiger partial charge in [-0.15, -0.1) is 10.2 Å². The average Bonchev–Trinajstić information content (AvgIpc) is 3.06. The van der Waals surface area contributed by atoms with Crippen molar-refractivity contribution in [2.24, 2.45) is 5.73 Å². The molecule has 0 spiro atoms. The Labute approximate surface area is 159 Å². The van der Waals surface area contributed by atoms with Gasteiger partial charge in [-0.25, -0.2) is 8.42 Å². The summed E-state index contributed by atoms with van der Waals surface area (Å²) in [6, 6.07) is 7.34. The third-order valence-electron chi connectivity index (χ3n) is 4.22. The molecule has 148 valence electrons. The molecule has 0 aliphatic carbocycles. The second-order valence-electron chi connectivity index (χ2n) is 6.45. The first-order chi connectivity index (χ1) is 12.8. The third-order valence-corrected chi connectivity index (χ3v) is 5.82. The number of nitrogens with zero attached hydrogens (tertiary/aromatic N) is 3. The monoisotopic (exact) mass is 394 g/mol. The van der Waals surface area contributed by atoms with Crippen LogP contribution < -0.4 is 5.73 Å². The van der Waals surface area contributed by atoms with Crippen molar-refractivity contribution in [3.8, 4) is 0 Å². The van der Waals surface area contributed by atoms with Crippen LogP contribution in [0.4, 0.5) is 0 Å². The van der Waals surface area contributed by atoms with Crippen LogP contribution in [0.15, 0.2) is 29.4 Å². The summed E-state index contributed by atoms with van der Waals surface area (Å²) in [5.74, 6) is -0.561. The topological polar surface area (TPSA) is 117 Å². The zero-order valence-electron chi connectivity index (χ0n) is 15.9. The summed E-state index contributed by atoms with van der Waals surface area (Å²) in [4.78, 5) is 11.3. The lowest BCUT2D eigenvalue weighted by Crippen LogP contribution is -2.21. The fourth-order valence-electron chi connectivity index (χ4n) is 2.68. The first-order valence-electron chi connectivity index (χ1n) is 8.82. The molecule has 0 aliphatic rings. The Morgan fingerprint density at radius 3 is 2.52 bits per heavy atom. The van der Waals surface area contributed by atoms with Crippen molar-refractivity contribution < 1.29 is 17.9 Å². The minimum absolute atomic E-state index is 0.173. The normalized spacial score (nSPS) is 12.7. The predicted molar refractivity (Wildman–Crippen MR) is 101 cm³/mol. The van der Waals surface area contributed by atoms with Crippen molar-refractivity contribution in [2.45, 2.75) is 50.9 Å². The molecule has 1 atom stereocenters. The number of carbonyl (C=O) groups excluding carboxylic acids is 1. The average molecular weight is 394 g/mol. The first kappa shape index (κ1) is 21.0. The molecule has 1 heterocycles. The molecule has 0 saturated carbocycles. The number of methoxy groups -OCH3 is 1. The maximum Gasteiger partial charge on any atom is 0.306 e. The smallest absolute Gasteiger partial charge is 0.306 e. The highest BCUT2D eigenvalue weighted by Gasteiger charge is 2.27. The van der Waals surface area contributed by atoms with Gasteiger partial charge < -0.3 is 10.5 Å². The minimum atomic E-state index is -3.82. The van der Waals surface area contributed by atoms with Crippen LogP contribution in [0.3, 0.4) is 0 Å². The van der Waals surface area contributed by atoms with Gasteiger partial charge in [0.25, 0.3) is 0 Å². The van der Waals surface area contributed by atoms with E-state index in [0.717, 1.165) is 17.5 Å². The van der Waals surface area contributed by atoms with Crippen LogP contribution in [0.25, 0.3) is 0 Å². The summed E-state index contributed by atoms with van der Waals surface area (Å²) >= 11 is 0. The van der Waals surface area contributed by atoms with E-state index in [2.05, 4.69) is 14.9 Å². The molecule has 1 aromatic heterocycles. The Morgan fingerprint density at radius 1 is 1.26 bits per heavy atom. The highest BCUT2D eigenvalue weighted by molar-refractivity contribution is 7.91. The molecule has 0 fully saturated rings. The van der Waals surface area contributed by atoms with Crippen LogP contribution >= 0.6 is 0 Å². The molecule has 0 saturated heterocycles. The zero-order valence-corrected chi connectivity index (χ0v) is 16.7. The van der Waals surface area contributed by atoms with Gasteiger partial charge in [-0.2, -0.15) is 0 Å². The Hall–Kier alpha value is -2.26. The summed E-state index contributed by atoms with van der Waals surface area (Å²) in [7, 11) is -2.60. The number of benzene rings is 1. The first-order valence-corrected chi connectivity index (χ1v) is 10.5. The zero-order chi connectivity index (χ0) is 20.0. The standard InChI is InChI=1S/C18H26N4O4S/c1-4-5-15(19)17-20-21-18(27(24,25)11-10-16(23)26-3)22(17)12-14-8-6-13(2)7-9-14/h6-9,15H,4-5,10-12,19H2,1-3H3. The van der Waals surface area contributed by atoms with E-state index < -0.39 is 27.6 Å². The van der Waals surface area contributed by atoms with Gasteiger partial charge in [0, 0.05) is 0 Å². The van der Waals surface area contributed by atoms with Gasteiger partial charge in [-0.3, -0.25) is 9.36 Å². The predicted octanol–water partition coefficient (Wildman–Crippen LogP) is 1.77. The quantitative estimate of drug-likeness (QED) is 0.644. The number of rotatable bonds is 9. The van der Waals surface area contributed by atoms with E-state index in [9.17, 15) is 13.2 Å². The van der Waals surface area contributed by atoms with E-state index in [1.54, 1.807) is 0 Å². The molecule has 27 heavy (non-hydrogen) atoms. The largest absolute Gasteiger partial charge is 0.469 e. The molecule has 0 amide bonds. The molecule has 1 aromatic carbocycles. The number of esters is 1. The number of aryl methyl sites for hydroxylation is 1. The van der Waals surface area contributed by atoms with Crippen molar-refractivity contribution >= 4 is 15.8 Å². The Bertz CT molecular complexity index is 875. The highest BCUT2D eigenvalue weighted by Crippen LogP contribution is 2.21. The lowest BCUT2D eigenvalue weighted by Gasteiger charge is -2.15. The van der Waals surface area contributed by atoms with E-state index >= 15 is 0 Å². The lowest BCUT2D eigenvalue weighted by atomic mass is 10.1. The summed E-state index contributed by atoms with van der Waals surface area (Å²) in [5.41, 5.74) is 8.21. The van der Waals surface area contributed by atoms with Gasteiger partial charge in [-0.05, 0) is 18.9 Å². The van der Waals surface area contributed by atoms with E-state index in [-0.39, 0.29) is 18.1 Å². The molecule has 0 aliphatic heterocycles. The number of carbonyl (C=O) groups is 1. The number of aromatic nitrogens is 3. The Morgan fingerprint density at radius 2 is 1.93 bits per heavy atom. The van der Waals surface area contributed by atoms with Crippen LogP contribution in [0.1, 0.15) is 49.2 Å². The Kier molecular flexibility index (Phi) is 7.09. The van der Waals surface area contributed by atoms with E-state index in [1.807, 2.05) is 38.1 Å². The van der Waals surface area contributed by atoms with Crippen molar-refractivity contribution in [1.29, 1.82) is 0 Å². The van der Waals surface area contributed by atoms with Gasteiger partial charge in [0.05, 0.1) is 31.9 Å². The molecular weight excluding hydrogens is 368 g/mol. The van der Waals surface area contributed by atoms with Crippen molar-refractivity contribution in [1.82, 2.24) is 14.8 Å². The number of hydrogen-bond acceptors (Lipinski definition) is 7. The lowest BCUT2D eigenvalue weighted by molar-refractivity contribution is -0.140. The van der Waals surface area contributed by atoms with Gasteiger partial charge in [0.1, 0.15) is 0 Å². The van der Waals surface area contributed by atoms with Crippen LogP contribution in [0.2, 0.25) is 0 Å². The minimum Gasteiger partial charge on any atom is -0.469 e.